The molecule has 0 aliphatic heterocycles. The number of hydrogen-bond acceptors (Lipinski definition) is 3. The van der Waals surface area contributed by atoms with E-state index in [0.717, 1.165) is 33.4 Å². The van der Waals surface area contributed by atoms with Crippen molar-refractivity contribution in [1.29, 1.82) is 0 Å². The van der Waals surface area contributed by atoms with Gasteiger partial charge in [-0.2, -0.15) is 10.2 Å². The standard InChI is InChI=1S/C20H18N6S/c1-25-13-17(16-9-5-6-10-18(16)25)19-14(11-22-23-20(21)27)12-26(24-19)15-7-3-2-4-8-15/h2-13H,1H3,(H3,21,23,27). The van der Waals surface area contributed by atoms with Crippen LogP contribution < -0.4 is 11.2 Å². The highest BCUT2D eigenvalue weighted by atomic mass is 32.1. The Morgan fingerprint density at radius 1 is 1.11 bits per heavy atom. The zero-order valence-electron chi connectivity index (χ0n) is 14.7. The summed E-state index contributed by atoms with van der Waals surface area (Å²) in [4.78, 5) is 0. The first-order valence-electron chi connectivity index (χ1n) is 8.41. The molecule has 0 amide bonds. The predicted octanol–water partition coefficient (Wildman–Crippen LogP) is 3.20. The van der Waals surface area contributed by atoms with Crippen LogP contribution in [0.3, 0.4) is 0 Å². The average molecular weight is 374 g/mol. The van der Waals surface area contributed by atoms with Gasteiger partial charge in [0, 0.05) is 41.5 Å². The van der Waals surface area contributed by atoms with Crippen molar-refractivity contribution in [3.63, 3.8) is 0 Å². The number of rotatable bonds is 4. The lowest BCUT2D eigenvalue weighted by Gasteiger charge is -1.99. The zero-order chi connectivity index (χ0) is 18.8. The van der Waals surface area contributed by atoms with E-state index in [0.29, 0.717) is 0 Å². The third-order valence-electron chi connectivity index (χ3n) is 4.29. The lowest BCUT2D eigenvalue weighted by molar-refractivity contribution is 0.883. The minimum absolute atomic E-state index is 0.119. The summed E-state index contributed by atoms with van der Waals surface area (Å²) in [6.45, 7) is 0. The molecule has 4 rings (SSSR count). The van der Waals surface area contributed by atoms with E-state index >= 15 is 0 Å². The quantitative estimate of drug-likeness (QED) is 0.327. The number of nitrogens with one attached hydrogen (secondary N) is 1. The van der Waals surface area contributed by atoms with E-state index in [1.54, 1.807) is 6.21 Å². The maximum absolute atomic E-state index is 5.46. The molecule has 27 heavy (non-hydrogen) atoms. The molecule has 0 atom stereocenters. The number of nitrogens with zero attached hydrogens (tertiary/aromatic N) is 4. The van der Waals surface area contributed by atoms with Gasteiger partial charge in [0.05, 0.1) is 11.9 Å². The Bertz CT molecular complexity index is 1140. The molecule has 4 aromatic rings. The molecule has 6 nitrogen and oxygen atoms in total. The van der Waals surface area contributed by atoms with E-state index in [-0.39, 0.29) is 5.11 Å². The van der Waals surface area contributed by atoms with Crippen LogP contribution in [0.1, 0.15) is 5.56 Å². The number of aryl methyl sites for hydroxylation is 1. The van der Waals surface area contributed by atoms with Crippen molar-refractivity contribution in [1.82, 2.24) is 19.8 Å². The second-order valence-corrected chi connectivity index (χ2v) is 6.56. The fourth-order valence-electron chi connectivity index (χ4n) is 3.10. The van der Waals surface area contributed by atoms with Crippen molar-refractivity contribution in [3.8, 4) is 16.9 Å². The van der Waals surface area contributed by atoms with E-state index in [9.17, 15) is 0 Å². The molecule has 0 bridgehead atoms. The van der Waals surface area contributed by atoms with Crippen molar-refractivity contribution in [2.75, 3.05) is 0 Å². The molecular weight excluding hydrogens is 356 g/mol. The molecular formula is C20H18N6S. The Morgan fingerprint density at radius 2 is 1.85 bits per heavy atom. The van der Waals surface area contributed by atoms with Gasteiger partial charge in [0.1, 0.15) is 5.69 Å². The minimum atomic E-state index is 0.119. The molecule has 2 aromatic carbocycles. The Balaban J connectivity index is 1.88. The van der Waals surface area contributed by atoms with Gasteiger partial charge >= 0.3 is 0 Å². The predicted molar refractivity (Wildman–Crippen MR) is 113 cm³/mol. The number of hydrogen-bond donors (Lipinski definition) is 2. The molecule has 0 unspecified atom stereocenters. The fourth-order valence-corrected chi connectivity index (χ4v) is 3.15. The van der Waals surface area contributed by atoms with Gasteiger partial charge in [-0.15, -0.1) is 0 Å². The molecule has 134 valence electrons. The molecule has 2 heterocycles. The van der Waals surface area contributed by atoms with E-state index in [1.807, 2.05) is 60.4 Å². The second kappa shape index (κ2) is 7.05. The van der Waals surface area contributed by atoms with E-state index in [2.05, 4.69) is 33.4 Å². The highest BCUT2D eigenvalue weighted by molar-refractivity contribution is 7.80. The topological polar surface area (TPSA) is 73.2 Å². The van der Waals surface area contributed by atoms with Crippen molar-refractivity contribution < 1.29 is 0 Å². The summed E-state index contributed by atoms with van der Waals surface area (Å²) in [6.07, 6.45) is 5.71. The minimum Gasteiger partial charge on any atom is -0.375 e. The maximum atomic E-state index is 5.46. The molecule has 0 radical (unpaired) electrons. The summed E-state index contributed by atoms with van der Waals surface area (Å²) in [5.41, 5.74) is 12.9. The van der Waals surface area contributed by atoms with Crippen LogP contribution in [0.2, 0.25) is 0 Å². The van der Waals surface area contributed by atoms with Gasteiger partial charge in [0.15, 0.2) is 5.11 Å². The SMILES string of the molecule is Cn1cc(-c2nn(-c3ccccc3)cc2C=NNC(N)=S)c2ccccc21. The molecule has 0 spiro atoms. The van der Waals surface area contributed by atoms with Gasteiger partial charge < -0.3 is 10.3 Å². The molecule has 0 aliphatic rings. The molecule has 3 N–H and O–H groups in total. The molecule has 0 saturated carbocycles. The maximum Gasteiger partial charge on any atom is 0.184 e. The van der Waals surface area contributed by atoms with E-state index in [1.165, 1.54) is 0 Å². The van der Waals surface area contributed by atoms with Crippen LogP contribution in [0.15, 0.2) is 72.1 Å². The van der Waals surface area contributed by atoms with Gasteiger partial charge in [-0.05, 0) is 30.4 Å². The number of benzene rings is 2. The lowest BCUT2D eigenvalue weighted by Crippen LogP contribution is -2.24. The third kappa shape index (κ3) is 3.32. The zero-order valence-corrected chi connectivity index (χ0v) is 15.5. The van der Waals surface area contributed by atoms with Gasteiger partial charge in [-0.25, -0.2) is 4.68 Å². The summed E-state index contributed by atoms with van der Waals surface area (Å²) in [6, 6.07) is 18.2. The van der Waals surface area contributed by atoms with Crippen LogP contribution in [0.5, 0.6) is 0 Å². The van der Waals surface area contributed by atoms with Gasteiger partial charge in [0.25, 0.3) is 0 Å². The third-order valence-corrected chi connectivity index (χ3v) is 4.39. The first kappa shape index (κ1) is 17.0. The number of nitrogens with two attached hydrogens (primary N) is 1. The van der Waals surface area contributed by atoms with Crippen molar-refractivity contribution in [2.24, 2.45) is 17.9 Å². The van der Waals surface area contributed by atoms with E-state index < -0.39 is 0 Å². The molecule has 0 fully saturated rings. The largest absolute Gasteiger partial charge is 0.375 e. The first-order valence-corrected chi connectivity index (χ1v) is 8.82. The summed E-state index contributed by atoms with van der Waals surface area (Å²) < 4.78 is 3.94. The summed E-state index contributed by atoms with van der Waals surface area (Å²) in [5, 5.41) is 10.2. The Hall–Kier alpha value is -3.45. The fraction of sp³-hybridized carbons (Fsp3) is 0.0500. The number of aromatic nitrogens is 3. The Morgan fingerprint density at radius 3 is 2.63 bits per heavy atom. The van der Waals surface area contributed by atoms with Gasteiger partial charge in [0.2, 0.25) is 0 Å². The highest BCUT2D eigenvalue weighted by Crippen LogP contribution is 2.31. The smallest absolute Gasteiger partial charge is 0.184 e. The monoisotopic (exact) mass is 374 g/mol. The van der Waals surface area contributed by atoms with Gasteiger partial charge in [-0.1, -0.05) is 36.4 Å². The van der Waals surface area contributed by atoms with E-state index in [4.69, 9.17) is 23.1 Å². The number of fused-ring (bicyclic) bond motifs is 1. The average Bonchev–Trinajstić information content (AvgIpc) is 3.24. The van der Waals surface area contributed by atoms with Crippen LogP contribution in [-0.2, 0) is 7.05 Å². The van der Waals surface area contributed by atoms with Crippen LogP contribution in [0.25, 0.3) is 27.8 Å². The Kier molecular flexibility index (Phi) is 4.43. The summed E-state index contributed by atoms with van der Waals surface area (Å²) in [7, 11) is 2.03. The van der Waals surface area contributed by atoms with Crippen molar-refractivity contribution in [3.05, 3.63) is 72.6 Å². The van der Waals surface area contributed by atoms with Crippen LogP contribution >= 0.6 is 12.2 Å². The lowest BCUT2D eigenvalue weighted by atomic mass is 10.1. The molecule has 7 heteroatoms. The van der Waals surface area contributed by atoms with Crippen molar-refractivity contribution >= 4 is 34.4 Å². The van der Waals surface area contributed by atoms with Gasteiger partial charge in [-0.3, -0.25) is 5.43 Å². The highest BCUT2D eigenvalue weighted by Gasteiger charge is 2.16. The number of thiocarbonyl (C=S) groups is 1. The van der Waals surface area contributed by atoms with Crippen LogP contribution in [-0.4, -0.2) is 25.7 Å². The Labute approximate surface area is 161 Å². The second-order valence-electron chi connectivity index (χ2n) is 6.12. The van der Waals surface area contributed by atoms with Crippen LogP contribution in [0.4, 0.5) is 0 Å². The number of hydrazone groups is 1. The molecule has 2 aromatic heterocycles. The first-order chi connectivity index (χ1) is 13.1. The molecule has 0 aliphatic carbocycles. The van der Waals surface area contributed by atoms with Crippen molar-refractivity contribution in [2.45, 2.75) is 0 Å². The summed E-state index contributed by atoms with van der Waals surface area (Å²) in [5.74, 6) is 0. The van der Waals surface area contributed by atoms with Crippen LogP contribution in [0, 0.1) is 0 Å². The number of para-hydroxylation sites is 2. The normalized spacial score (nSPS) is 11.3. The summed E-state index contributed by atoms with van der Waals surface area (Å²) >= 11 is 4.81. The molecule has 0 saturated heterocycles.